The van der Waals surface area contributed by atoms with Crippen LogP contribution in [0, 0.1) is 5.92 Å². The lowest BCUT2D eigenvalue weighted by atomic mass is 9.83. The molecule has 4 rings (SSSR count). The van der Waals surface area contributed by atoms with Crippen molar-refractivity contribution in [2.24, 2.45) is 11.7 Å². The van der Waals surface area contributed by atoms with Crippen LogP contribution in [0.4, 0.5) is 10.5 Å². The average molecular weight is 855 g/mol. The Hall–Kier alpha value is -3.48. The molecule has 1 aromatic rings. The molecule has 0 aromatic heterocycles. The number of fused-ring (bicyclic) bond motifs is 5. The number of rotatable bonds is 13. The number of allylic oxidation sites excluding steroid dienone is 3. The van der Waals surface area contributed by atoms with E-state index in [2.05, 4.69) is 10.6 Å². The molecule has 2 saturated heterocycles. The number of ether oxygens (including phenoxy) is 5. The minimum Gasteiger partial charge on any atom is -0.495 e. The minimum absolute atomic E-state index is 0.0657. The molecular formula is C39H55ClN4O11S2. The van der Waals surface area contributed by atoms with Gasteiger partial charge in [-0.25, -0.2) is 9.59 Å². The van der Waals surface area contributed by atoms with Crippen LogP contribution in [0.1, 0.15) is 72.3 Å². The molecule has 3 aliphatic rings. The van der Waals surface area contributed by atoms with Crippen LogP contribution in [0.2, 0.25) is 5.02 Å². The first-order chi connectivity index (χ1) is 26.8. The summed E-state index contributed by atoms with van der Waals surface area (Å²) in [5.41, 5.74) is 4.23. The van der Waals surface area contributed by atoms with Gasteiger partial charge in [0.1, 0.15) is 40.7 Å². The van der Waals surface area contributed by atoms with Gasteiger partial charge in [0.05, 0.1) is 25.3 Å². The Labute approximate surface area is 346 Å². The van der Waals surface area contributed by atoms with E-state index in [4.69, 9.17) is 41.0 Å². The number of benzene rings is 1. The maximum Gasteiger partial charge on any atom is 0.409 e. The Bertz CT molecular complexity index is 1730. The van der Waals surface area contributed by atoms with E-state index in [-0.39, 0.29) is 47.8 Å². The quantitative estimate of drug-likeness (QED) is 0.0928. The molecule has 3 aliphatic heterocycles. The minimum atomic E-state index is -1.84. The number of epoxide rings is 1. The summed E-state index contributed by atoms with van der Waals surface area (Å²) in [6, 6.07) is 2.49. The average Bonchev–Trinajstić information content (AvgIpc) is 3.85. The predicted molar refractivity (Wildman–Crippen MR) is 219 cm³/mol. The van der Waals surface area contributed by atoms with Crippen LogP contribution in [0.5, 0.6) is 5.75 Å². The summed E-state index contributed by atoms with van der Waals surface area (Å²) in [5.74, 6) is -1.68. The van der Waals surface area contributed by atoms with Gasteiger partial charge in [0, 0.05) is 50.3 Å². The Morgan fingerprint density at radius 3 is 2.60 bits per heavy atom. The summed E-state index contributed by atoms with van der Waals surface area (Å²) >= 11 is 6.76. The highest BCUT2D eigenvalue weighted by molar-refractivity contribution is 8.76. The molecule has 316 valence electrons. The van der Waals surface area contributed by atoms with Crippen molar-refractivity contribution in [2.75, 3.05) is 31.9 Å². The first-order valence-corrected chi connectivity index (χ1v) is 21.5. The van der Waals surface area contributed by atoms with E-state index in [1.165, 1.54) is 36.8 Å². The van der Waals surface area contributed by atoms with E-state index >= 15 is 0 Å². The summed E-state index contributed by atoms with van der Waals surface area (Å²) in [6.45, 7) is 8.87. The highest BCUT2D eigenvalue weighted by atomic mass is 35.5. The largest absolute Gasteiger partial charge is 0.495 e. The number of hydrogen-bond acceptors (Lipinski definition) is 13. The second-order valence-electron chi connectivity index (χ2n) is 15.0. The van der Waals surface area contributed by atoms with Gasteiger partial charge in [0.25, 0.3) is 0 Å². The van der Waals surface area contributed by atoms with E-state index in [1.54, 1.807) is 56.0 Å². The van der Waals surface area contributed by atoms with Gasteiger partial charge in [-0.1, -0.05) is 70.8 Å². The smallest absolute Gasteiger partial charge is 0.409 e. The SMILES string of the molecule is COc1cc2cc(c1Cl)N(C)C(=O)C[C@H](OC(=O)[C@H](C)NC(=O)CCSSC(C)CCC(N)=O)[C@]1(C)O[C@H]1[C@H](C)[C@@H]1C[C@@](O)(NC(=O)O1)[C@H](OC)/C=C/C=C(\C)C2. The first kappa shape index (κ1) is 46.2. The maximum absolute atomic E-state index is 14.1. The maximum atomic E-state index is 14.1. The second kappa shape index (κ2) is 20.0. The standard InChI is InChI=1S/C39H55ClN4O11S2/c1-21-10-9-11-29(52-8)39(50)20-28(53-37(49)43-39)23(3)35-38(5,55-35)30(19-33(47)44(6)26-17-25(16-21)18-27(51-7)34(26)40)54-36(48)24(4)42-32(46)14-15-56-57-22(2)12-13-31(41)45/h9-11,17-18,22-24,28-30,35,50H,12-16,19-20H2,1-8H3,(H2,41,45)(H,42,46)(H,43,49)/b11-9+,21-10+/t22?,23-,24+,28+,29-,30+,35+,38+,39+/m1/s1. The van der Waals surface area contributed by atoms with Crippen molar-refractivity contribution in [1.29, 1.82) is 0 Å². The molecule has 0 spiro atoms. The Kier molecular flexibility index (Phi) is 16.2. The Morgan fingerprint density at radius 2 is 1.93 bits per heavy atom. The van der Waals surface area contributed by atoms with Crippen LogP contribution in [-0.4, -0.2) is 109 Å². The molecule has 5 N–H and O–H groups in total. The monoisotopic (exact) mass is 854 g/mol. The molecule has 0 radical (unpaired) electrons. The molecule has 15 nitrogen and oxygen atoms in total. The predicted octanol–water partition coefficient (Wildman–Crippen LogP) is 4.60. The van der Waals surface area contributed by atoms with Gasteiger partial charge in [0.15, 0.2) is 5.72 Å². The van der Waals surface area contributed by atoms with Crippen LogP contribution >= 0.6 is 33.2 Å². The van der Waals surface area contributed by atoms with E-state index in [0.717, 1.165) is 11.1 Å². The lowest BCUT2D eigenvalue weighted by molar-refractivity contribution is -0.157. The van der Waals surface area contributed by atoms with Gasteiger partial charge < -0.3 is 44.7 Å². The van der Waals surface area contributed by atoms with Crippen LogP contribution in [0.15, 0.2) is 35.9 Å². The zero-order chi connectivity index (χ0) is 42.2. The fourth-order valence-electron chi connectivity index (χ4n) is 6.91. The Balaban J connectivity index is 1.60. The fourth-order valence-corrected chi connectivity index (χ4v) is 9.56. The highest BCUT2D eigenvalue weighted by Crippen LogP contribution is 2.49. The van der Waals surface area contributed by atoms with Crippen molar-refractivity contribution in [1.82, 2.24) is 10.6 Å². The number of nitrogens with zero attached hydrogens (tertiary/aromatic N) is 1. The van der Waals surface area contributed by atoms with Gasteiger partial charge in [-0.3, -0.25) is 19.7 Å². The third-order valence-corrected chi connectivity index (χ3v) is 13.7. The van der Waals surface area contributed by atoms with E-state index in [1.807, 2.05) is 19.9 Å². The lowest BCUT2D eigenvalue weighted by Crippen LogP contribution is -2.63. The fraction of sp³-hybridized carbons (Fsp3) is 0.615. The normalized spacial score (nSPS) is 30.3. The summed E-state index contributed by atoms with van der Waals surface area (Å²) in [6.07, 6.45) is 1.82. The zero-order valence-corrected chi connectivity index (χ0v) is 36.0. The van der Waals surface area contributed by atoms with Gasteiger partial charge >= 0.3 is 12.1 Å². The van der Waals surface area contributed by atoms with E-state index in [9.17, 15) is 29.1 Å². The number of methoxy groups -OCH3 is 2. The number of anilines is 1. The summed E-state index contributed by atoms with van der Waals surface area (Å²) in [4.78, 5) is 65.9. The number of alkyl carbamates (subject to hydrolysis) is 1. The van der Waals surface area contributed by atoms with Crippen LogP contribution in [0.3, 0.4) is 0 Å². The Morgan fingerprint density at radius 1 is 1.21 bits per heavy atom. The number of aliphatic hydroxyl groups is 1. The van der Waals surface area contributed by atoms with Crippen molar-refractivity contribution < 1.29 is 52.8 Å². The molecule has 4 bridgehead atoms. The number of carbonyl (C=O) groups is 5. The van der Waals surface area contributed by atoms with Crippen molar-refractivity contribution in [3.63, 3.8) is 0 Å². The molecule has 57 heavy (non-hydrogen) atoms. The van der Waals surface area contributed by atoms with Crippen molar-refractivity contribution in [3.05, 3.63) is 46.5 Å². The molecule has 18 heteroatoms. The van der Waals surface area contributed by atoms with Gasteiger partial charge in [-0.15, -0.1) is 0 Å². The molecular weight excluding hydrogens is 800 g/mol. The second-order valence-corrected chi connectivity index (χ2v) is 18.3. The number of esters is 1. The third kappa shape index (κ3) is 12.0. The van der Waals surface area contributed by atoms with Crippen LogP contribution in [-0.2, 0) is 44.5 Å². The van der Waals surface area contributed by atoms with Crippen molar-refractivity contribution in [3.8, 4) is 5.75 Å². The van der Waals surface area contributed by atoms with Crippen molar-refractivity contribution >= 4 is 68.7 Å². The first-order valence-electron chi connectivity index (χ1n) is 18.8. The molecule has 2 fully saturated rings. The van der Waals surface area contributed by atoms with Crippen LogP contribution in [0.25, 0.3) is 0 Å². The number of nitrogens with one attached hydrogen (secondary N) is 2. The zero-order valence-electron chi connectivity index (χ0n) is 33.6. The topological polar surface area (TPSA) is 208 Å². The van der Waals surface area contributed by atoms with E-state index in [0.29, 0.717) is 30.0 Å². The van der Waals surface area contributed by atoms with Gasteiger partial charge in [-0.2, -0.15) is 0 Å². The summed E-state index contributed by atoms with van der Waals surface area (Å²) in [5, 5.41) is 17.3. The number of amides is 4. The molecule has 4 amide bonds. The number of hydrogen-bond donors (Lipinski definition) is 4. The summed E-state index contributed by atoms with van der Waals surface area (Å²) < 4.78 is 29.1. The molecule has 9 atom stereocenters. The third-order valence-electron chi connectivity index (χ3n) is 10.4. The van der Waals surface area contributed by atoms with Gasteiger partial charge in [-0.05, 0) is 51.3 Å². The molecule has 0 saturated carbocycles. The van der Waals surface area contributed by atoms with Gasteiger partial charge in [0.2, 0.25) is 17.7 Å². The molecule has 0 aliphatic carbocycles. The molecule has 1 aromatic carbocycles. The molecule has 1 unspecified atom stereocenters. The number of primary amides is 1. The molecule has 3 heterocycles. The van der Waals surface area contributed by atoms with Crippen LogP contribution < -0.4 is 26.0 Å². The number of carbonyl (C=O) groups excluding carboxylic acids is 5. The van der Waals surface area contributed by atoms with Crippen molar-refractivity contribution in [2.45, 2.75) is 120 Å². The highest BCUT2D eigenvalue weighted by Gasteiger charge is 2.64. The number of halogens is 1. The lowest BCUT2D eigenvalue weighted by Gasteiger charge is -2.42. The van der Waals surface area contributed by atoms with E-state index < -0.39 is 65.7 Å². The summed E-state index contributed by atoms with van der Waals surface area (Å²) in [7, 11) is 7.50. The number of nitrogens with two attached hydrogens (primary N) is 1.